The maximum Gasteiger partial charge on any atom is 0.317 e. The summed E-state index contributed by atoms with van der Waals surface area (Å²) in [6.07, 6.45) is 4.97. The number of carboxylic acid groups (broad SMARTS) is 1. The molecule has 1 aromatic rings. The monoisotopic (exact) mass is 389 g/mol. The van der Waals surface area contributed by atoms with Gasteiger partial charge in [0.05, 0.1) is 6.54 Å². The molecule has 3 rings (SSSR count). The number of likely N-dealkylation sites (tertiary alicyclic amines) is 1. The van der Waals surface area contributed by atoms with Crippen molar-refractivity contribution in [1.29, 1.82) is 0 Å². The van der Waals surface area contributed by atoms with Gasteiger partial charge in [-0.3, -0.25) is 9.69 Å². The fourth-order valence-corrected chi connectivity index (χ4v) is 3.90. The molecule has 28 heavy (non-hydrogen) atoms. The maximum atomic E-state index is 13.8. The number of amides is 2. The van der Waals surface area contributed by atoms with Crippen LogP contribution in [-0.2, 0) is 4.79 Å². The minimum Gasteiger partial charge on any atom is -0.480 e. The van der Waals surface area contributed by atoms with Crippen molar-refractivity contribution in [1.82, 2.24) is 15.1 Å². The van der Waals surface area contributed by atoms with E-state index in [0.717, 1.165) is 31.3 Å². The molecule has 6 nitrogen and oxygen atoms in total. The van der Waals surface area contributed by atoms with Crippen LogP contribution in [0.15, 0.2) is 29.8 Å². The van der Waals surface area contributed by atoms with Gasteiger partial charge in [-0.1, -0.05) is 36.8 Å². The van der Waals surface area contributed by atoms with E-state index in [1.54, 1.807) is 17.0 Å². The van der Waals surface area contributed by atoms with Gasteiger partial charge in [0.1, 0.15) is 5.82 Å². The molecule has 0 atom stereocenters. The number of aliphatic carboxylic acids is 1. The van der Waals surface area contributed by atoms with Gasteiger partial charge in [-0.05, 0) is 38.3 Å². The highest BCUT2D eigenvalue weighted by molar-refractivity contribution is 5.75. The Balaban J connectivity index is 1.43. The highest BCUT2D eigenvalue weighted by Gasteiger charge is 2.35. The largest absolute Gasteiger partial charge is 0.480 e. The van der Waals surface area contributed by atoms with E-state index in [1.165, 1.54) is 6.07 Å². The third-order valence-corrected chi connectivity index (χ3v) is 5.66. The number of benzene rings is 1. The summed E-state index contributed by atoms with van der Waals surface area (Å²) in [4.78, 5) is 27.1. The fourth-order valence-electron chi connectivity index (χ4n) is 3.90. The summed E-state index contributed by atoms with van der Waals surface area (Å²) in [6, 6.07) is 6.99. The number of piperidine rings is 1. The SMILES string of the molecule is CCN(CC(=O)O)C1CC(NC(=O)N2CCC(=Cc3ccccc3F)CC2)C1. The van der Waals surface area contributed by atoms with Crippen LogP contribution in [0.1, 0.15) is 38.2 Å². The van der Waals surface area contributed by atoms with Gasteiger partial charge in [0.15, 0.2) is 0 Å². The smallest absolute Gasteiger partial charge is 0.317 e. The van der Waals surface area contributed by atoms with Crippen molar-refractivity contribution in [3.8, 4) is 0 Å². The number of carbonyl (C=O) groups is 2. The zero-order chi connectivity index (χ0) is 20.1. The summed E-state index contributed by atoms with van der Waals surface area (Å²) >= 11 is 0. The van der Waals surface area contributed by atoms with Gasteiger partial charge < -0.3 is 15.3 Å². The molecule has 1 saturated heterocycles. The summed E-state index contributed by atoms with van der Waals surface area (Å²) in [5, 5.41) is 12.0. The van der Waals surface area contributed by atoms with Gasteiger partial charge in [-0.15, -0.1) is 0 Å². The quantitative estimate of drug-likeness (QED) is 0.785. The summed E-state index contributed by atoms with van der Waals surface area (Å²) in [7, 11) is 0. The Morgan fingerprint density at radius 2 is 1.96 bits per heavy atom. The Hall–Kier alpha value is -2.41. The van der Waals surface area contributed by atoms with E-state index in [9.17, 15) is 14.0 Å². The number of hydrogen-bond donors (Lipinski definition) is 2. The van der Waals surface area contributed by atoms with E-state index in [0.29, 0.717) is 25.2 Å². The Morgan fingerprint density at radius 3 is 2.57 bits per heavy atom. The first-order valence-corrected chi connectivity index (χ1v) is 9.91. The molecule has 0 bridgehead atoms. The second-order valence-corrected chi connectivity index (χ2v) is 7.54. The highest BCUT2D eigenvalue weighted by atomic mass is 19.1. The van der Waals surface area contributed by atoms with Gasteiger partial charge in [-0.25, -0.2) is 9.18 Å². The molecule has 7 heteroatoms. The van der Waals surface area contributed by atoms with Crippen molar-refractivity contribution in [2.75, 3.05) is 26.2 Å². The molecule has 2 N–H and O–H groups in total. The number of carboxylic acids is 1. The molecule has 0 spiro atoms. The van der Waals surface area contributed by atoms with E-state index in [4.69, 9.17) is 5.11 Å². The number of urea groups is 1. The number of nitrogens with one attached hydrogen (secondary N) is 1. The van der Waals surface area contributed by atoms with Crippen LogP contribution in [0.25, 0.3) is 6.08 Å². The fraction of sp³-hybridized carbons (Fsp3) is 0.524. The zero-order valence-electron chi connectivity index (χ0n) is 16.2. The van der Waals surface area contributed by atoms with Crippen LogP contribution in [0.5, 0.6) is 0 Å². The summed E-state index contributed by atoms with van der Waals surface area (Å²) < 4.78 is 13.8. The van der Waals surface area contributed by atoms with Crippen LogP contribution in [0.3, 0.4) is 0 Å². The highest BCUT2D eigenvalue weighted by Crippen LogP contribution is 2.26. The van der Waals surface area contributed by atoms with Crippen LogP contribution in [0, 0.1) is 5.82 Å². The van der Waals surface area contributed by atoms with Crippen LogP contribution in [0.4, 0.5) is 9.18 Å². The lowest BCUT2D eigenvalue weighted by atomic mass is 9.85. The van der Waals surface area contributed by atoms with Crippen molar-refractivity contribution in [2.45, 2.75) is 44.7 Å². The van der Waals surface area contributed by atoms with Crippen LogP contribution in [0.2, 0.25) is 0 Å². The first kappa shape index (κ1) is 20.3. The maximum absolute atomic E-state index is 13.8. The lowest BCUT2D eigenvalue weighted by Crippen LogP contribution is -2.57. The topological polar surface area (TPSA) is 72.9 Å². The molecule has 1 aromatic carbocycles. The van der Waals surface area contributed by atoms with E-state index in [2.05, 4.69) is 5.32 Å². The second-order valence-electron chi connectivity index (χ2n) is 7.54. The van der Waals surface area contributed by atoms with Crippen molar-refractivity contribution in [2.24, 2.45) is 0 Å². The van der Waals surface area contributed by atoms with Gasteiger partial charge in [0.2, 0.25) is 0 Å². The Kier molecular flexibility index (Phi) is 6.67. The van der Waals surface area contributed by atoms with Gasteiger partial charge in [0, 0.05) is 30.7 Å². The minimum absolute atomic E-state index is 0.0467. The van der Waals surface area contributed by atoms with Crippen molar-refractivity contribution < 1.29 is 19.1 Å². The first-order chi connectivity index (χ1) is 13.5. The number of rotatable bonds is 6. The van der Waals surface area contributed by atoms with Crippen LogP contribution >= 0.6 is 0 Å². The summed E-state index contributed by atoms with van der Waals surface area (Å²) in [5.74, 6) is -1.04. The third kappa shape index (κ3) is 5.10. The van der Waals surface area contributed by atoms with E-state index in [-0.39, 0.29) is 30.5 Å². The van der Waals surface area contributed by atoms with E-state index in [1.807, 2.05) is 24.0 Å². The molecule has 1 saturated carbocycles. The minimum atomic E-state index is -0.818. The average molecular weight is 389 g/mol. The molecule has 2 aliphatic rings. The number of nitrogens with zero attached hydrogens (tertiary/aromatic N) is 2. The van der Waals surface area contributed by atoms with Gasteiger partial charge in [-0.2, -0.15) is 0 Å². The summed E-state index contributed by atoms with van der Waals surface area (Å²) in [6.45, 7) is 3.95. The standard InChI is InChI=1S/C21H28FN3O3/c1-2-24(14-20(26)27)18-12-17(13-18)23-21(28)25-9-7-15(8-10-25)11-16-5-3-4-6-19(16)22/h3-6,11,17-18H,2,7-10,12-14H2,1H3,(H,23,28)(H,26,27). The van der Waals surface area contributed by atoms with Crippen LogP contribution in [-0.4, -0.2) is 65.2 Å². The van der Waals surface area contributed by atoms with Crippen molar-refractivity contribution >= 4 is 18.1 Å². The molecular formula is C21H28FN3O3. The number of likely N-dealkylation sites (N-methyl/N-ethyl adjacent to an activating group) is 1. The average Bonchev–Trinajstić information content (AvgIpc) is 2.65. The van der Waals surface area contributed by atoms with E-state index >= 15 is 0 Å². The van der Waals surface area contributed by atoms with Crippen LogP contribution < -0.4 is 5.32 Å². The number of halogens is 1. The lowest BCUT2D eigenvalue weighted by Gasteiger charge is -2.43. The van der Waals surface area contributed by atoms with Gasteiger partial charge in [0.25, 0.3) is 0 Å². The number of hydrogen-bond acceptors (Lipinski definition) is 3. The van der Waals surface area contributed by atoms with E-state index < -0.39 is 5.97 Å². The lowest BCUT2D eigenvalue weighted by molar-refractivity contribution is -0.139. The number of carbonyl (C=O) groups excluding carboxylic acids is 1. The van der Waals surface area contributed by atoms with Crippen molar-refractivity contribution in [3.63, 3.8) is 0 Å². The third-order valence-electron chi connectivity index (χ3n) is 5.66. The van der Waals surface area contributed by atoms with Gasteiger partial charge >= 0.3 is 12.0 Å². The molecule has 2 fully saturated rings. The Bertz CT molecular complexity index is 736. The Labute approximate surface area is 165 Å². The first-order valence-electron chi connectivity index (χ1n) is 9.91. The molecule has 0 unspecified atom stereocenters. The molecular weight excluding hydrogens is 361 g/mol. The second kappa shape index (κ2) is 9.19. The normalized spacial score (nSPS) is 22.0. The molecule has 1 aliphatic carbocycles. The summed E-state index contributed by atoms with van der Waals surface area (Å²) in [5.41, 5.74) is 1.75. The Morgan fingerprint density at radius 1 is 1.29 bits per heavy atom. The molecule has 2 amide bonds. The zero-order valence-corrected chi connectivity index (χ0v) is 16.2. The molecule has 1 aliphatic heterocycles. The molecule has 1 heterocycles. The predicted octanol–water partition coefficient (Wildman–Crippen LogP) is 2.95. The molecule has 152 valence electrons. The predicted molar refractivity (Wildman–Crippen MR) is 105 cm³/mol. The molecule has 0 radical (unpaired) electrons. The molecule has 0 aromatic heterocycles. The van der Waals surface area contributed by atoms with Crippen molar-refractivity contribution in [3.05, 3.63) is 41.2 Å².